The Bertz CT molecular complexity index is 807. The second-order valence-electron chi connectivity index (χ2n) is 5.87. The van der Waals surface area contributed by atoms with Crippen molar-refractivity contribution in [1.82, 2.24) is 15.4 Å². The number of likely N-dealkylation sites (N-methyl/N-ethyl adjacent to an activating group) is 1. The van der Waals surface area contributed by atoms with Crippen molar-refractivity contribution >= 4 is 27.8 Å². The number of hydrogen-bond donors (Lipinski definition) is 3. The lowest BCUT2D eigenvalue weighted by Gasteiger charge is -2.13. The van der Waals surface area contributed by atoms with Gasteiger partial charge in [-0.25, -0.2) is 13.1 Å². The highest BCUT2D eigenvalue weighted by Crippen LogP contribution is 2.14. The lowest BCUT2D eigenvalue weighted by Crippen LogP contribution is -2.41. The molecule has 1 aromatic rings. The summed E-state index contributed by atoms with van der Waals surface area (Å²) in [5.74, 6) is -1.96. The molecular formula is C17H25N3O6S. The topological polar surface area (TPSA) is 131 Å². The minimum absolute atomic E-state index is 0.0496. The highest BCUT2D eigenvalue weighted by atomic mass is 32.2. The van der Waals surface area contributed by atoms with Crippen LogP contribution in [0.3, 0.4) is 0 Å². The van der Waals surface area contributed by atoms with Crippen LogP contribution in [0.25, 0.3) is 0 Å². The fourth-order valence-corrected chi connectivity index (χ4v) is 3.04. The summed E-state index contributed by atoms with van der Waals surface area (Å²) in [5.41, 5.74) is 1.76. The number of ether oxygens (including phenoxy) is 1. The number of sulfonamides is 1. The summed E-state index contributed by atoms with van der Waals surface area (Å²) in [6, 6.07) is 4.63. The maximum absolute atomic E-state index is 12.2. The molecule has 9 nitrogen and oxygen atoms in total. The molecule has 1 aromatic carbocycles. The molecule has 10 heteroatoms. The summed E-state index contributed by atoms with van der Waals surface area (Å²) < 4.78 is 31.4. The van der Waals surface area contributed by atoms with E-state index in [1.807, 2.05) is 6.92 Å². The Morgan fingerprint density at radius 3 is 2.33 bits per heavy atom. The largest absolute Gasteiger partial charge is 0.451 e. The Kier molecular flexibility index (Phi) is 8.38. The summed E-state index contributed by atoms with van der Waals surface area (Å²) >= 11 is 0. The molecule has 0 aliphatic rings. The van der Waals surface area contributed by atoms with E-state index in [0.29, 0.717) is 6.54 Å². The average molecular weight is 399 g/mol. The Morgan fingerprint density at radius 1 is 1.07 bits per heavy atom. The summed E-state index contributed by atoms with van der Waals surface area (Å²) in [4.78, 5) is 34.9. The van der Waals surface area contributed by atoms with Crippen molar-refractivity contribution in [2.45, 2.75) is 38.7 Å². The molecule has 0 aliphatic carbocycles. The third-order valence-electron chi connectivity index (χ3n) is 3.67. The molecule has 0 radical (unpaired) electrons. The molecule has 27 heavy (non-hydrogen) atoms. The first-order valence-corrected chi connectivity index (χ1v) is 9.86. The molecule has 3 N–H and O–H groups in total. The van der Waals surface area contributed by atoms with Crippen LogP contribution in [0.1, 0.15) is 25.0 Å². The van der Waals surface area contributed by atoms with E-state index in [2.05, 4.69) is 15.4 Å². The fraction of sp³-hybridized carbons (Fsp3) is 0.471. The van der Waals surface area contributed by atoms with E-state index >= 15 is 0 Å². The summed E-state index contributed by atoms with van der Waals surface area (Å²) in [5, 5.41) is 4.73. The van der Waals surface area contributed by atoms with E-state index in [1.54, 1.807) is 19.9 Å². The predicted octanol–water partition coefficient (Wildman–Crippen LogP) is -0.234. The zero-order valence-electron chi connectivity index (χ0n) is 15.8. The first kappa shape index (κ1) is 22.6. The number of benzene rings is 1. The highest BCUT2D eigenvalue weighted by molar-refractivity contribution is 7.89. The van der Waals surface area contributed by atoms with Gasteiger partial charge in [-0.15, -0.1) is 0 Å². The van der Waals surface area contributed by atoms with Gasteiger partial charge in [-0.05, 0) is 51.0 Å². The monoisotopic (exact) mass is 399 g/mol. The van der Waals surface area contributed by atoms with E-state index in [1.165, 1.54) is 19.1 Å². The molecule has 0 saturated carbocycles. The Morgan fingerprint density at radius 2 is 1.74 bits per heavy atom. The van der Waals surface area contributed by atoms with E-state index in [0.717, 1.165) is 11.1 Å². The predicted molar refractivity (Wildman–Crippen MR) is 98.4 cm³/mol. The maximum Gasteiger partial charge on any atom is 0.326 e. The minimum Gasteiger partial charge on any atom is -0.451 e. The van der Waals surface area contributed by atoms with Crippen LogP contribution < -0.4 is 15.4 Å². The number of esters is 1. The van der Waals surface area contributed by atoms with Crippen molar-refractivity contribution in [3.8, 4) is 0 Å². The van der Waals surface area contributed by atoms with Crippen LogP contribution in [-0.4, -0.2) is 51.9 Å². The lowest BCUT2D eigenvalue weighted by atomic mass is 10.1. The standard InChI is InChI=1S/C17H25N3O6S/c1-5-18-17(23)13(4)26-16(22)10-19-15(21)9-20-27(24,25)14-7-6-11(2)12(3)8-14/h6-8,13,20H,5,9-10H2,1-4H3,(H,18,23)(H,19,21)/t13-/m1/s1. The van der Waals surface area contributed by atoms with Crippen molar-refractivity contribution in [2.24, 2.45) is 0 Å². The van der Waals surface area contributed by atoms with Crippen LogP contribution >= 0.6 is 0 Å². The van der Waals surface area contributed by atoms with Crippen molar-refractivity contribution in [2.75, 3.05) is 19.6 Å². The number of carbonyl (C=O) groups excluding carboxylic acids is 3. The van der Waals surface area contributed by atoms with Crippen molar-refractivity contribution < 1.29 is 27.5 Å². The van der Waals surface area contributed by atoms with E-state index < -0.39 is 47.0 Å². The number of aryl methyl sites for hydroxylation is 2. The molecule has 1 atom stereocenters. The van der Waals surface area contributed by atoms with Gasteiger partial charge in [-0.3, -0.25) is 14.4 Å². The van der Waals surface area contributed by atoms with E-state index in [4.69, 9.17) is 4.74 Å². The van der Waals surface area contributed by atoms with Gasteiger partial charge in [0.15, 0.2) is 6.10 Å². The Hall–Kier alpha value is -2.46. The molecular weight excluding hydrogens is 374 g/mol. The molecule has 0 heterocycles. The molecule has 0 aliphatic heterocycles. The van der Waals surface area contributed by atoms with Crippen LogP contribution in [0.15, 0.2) is 23.1 Å². The normalized spacial score (nSPS) is 12.1. The van der Waals surface area contributed by atoms with E-state index in [-0.39, 0.29) is 4.90 Å². The van der Waals surface area contributed by atoms with E-state index in [9.17, 15) is 22.8 Å². The maximum atomic E-state index is 12.2. The first-order chi connectivity index (χ1) is 12.6. The van der Waals surface area contributed by atoms with Crippen molar-refractivity contribution in [3.63, 3.8) is 0 Å². The Balaban J connectivity index is 2.47. The van der Waals surface area contributed by atoms with Crippen molar-refractivity contribution in [1.29, 1.82) is 0 Å². The van der Waals surface area contributed by atoms with Crippen LogP contribution in [0, 0.1) is 13.8 Å². The Labute approximate surface area is 158 Å². The summed E-state index contributed by atoms with van der Waals surface area (Å²) in [6.45, 7) is 6.17. The van der Waals surface area contributed by atoms with Gasteiger partial charge in [0.2, 0.25) is 15.9 Å². The van der Waals surface area contributed by atoms with Crippen LogP contribution in [-0.2, 0) is 29.1 Å². The van der Waals surface area contributed by atoms with Gasteiger partial charge in [0.05, 0.1) is 11.4 Å². The molecule has 150 valence electrons. The average Bonchev–Trinajstić information content (AvgIpc) is 2.60. The van der Waals surface area contributed by atoms with Gasteiger partial charge >= 0.3 is 5.97 Å². The number of carbonyl (C=O) groups is 3. The number of amides is 2. The van der Waals surface area contributed by atoms with Crippen molar-refractivity contribution in [3.05, 3.63) is 29.3 Å². The molecule has 0 spiro atoms. The quantitative estimate of drug-likeness (QED) is 0.492. The minimum atomic E-state index is -3.85. The number of hydrogen-bond acceptors (Lipinski definition) is 6. The van der Waals surface area contributed by atoms with Crippen LogP contribution in [0.2, 0.25) is 0 Å². The van der Waals surface area contributed by atoms with Gasteiger partial charge in [0.25, 0.3) is 5.91 Å². The van der Waals surface area contributed by atoms with Gasteiger partial charge < -0.3 is 15.4 Å². The number of rotatable bonds is 9. The lowest BCUT2D eigenvalue weighted by molar-refractivity contribution is -0.154. The van der Waals surface area contributed by atoms with Gasteiger partial charge in [-0.2, -0.15) is 0 Å². The third kappa shape index (κ3) is 7.35. The first-order valence-electron chi connectivity index (χ1n) is 8.37. The van der Waals surface area contributed by atoms with Gasteiger partial charge in [-0.1, -0.05) is 6.07 Å². The van der Waals surface area contributed by atoms with Gasteiger partial charge in [0, 0.05) is 6.54 Å². The highest BCUT2D eigenvalue weighted by Gasteiger charge is 2.19. The molecule has 0 bridgehead atoms. The number of nitrogens with one attached hydrogen (secondary N) is 3. The van der Waals surface area contributed by atoms with Crippen LogP contribution in [0.4, 0.5) is 0 Å². The van der Waals surface area contributed by atoms with Crippen LogP contribution in [0.5, 0.6) is 0 Å². The smallest absolute Gasteiger partial charge is 0.326 e. The second-order valence-corrected chi connectivity index (χ2v) is 7.64. The molecule has 0 unspecified atom stereocenters. The second kappa shape index (κ2) is 10.0. The zero-order chi connectivity index (χ0) is 20.6. The zero-order valence-corrected chi connectivity index (χ0v) is 16.6. The summed E-state index contributed by atoms with van der Waals surface area (Å²) in [7, 11) is -3.85. The molecule has 1 rings (SSSR count). The molecule has 0 saturated heterocycles. The molecule has 0 aromatic heterocycles. The molecule has 0 fully saturated rings. The summed E-state index contributed by atoms with van der Waals surface area (Å²) in [6.07, 6.45) is -0.988. The molecule has 2 amide bonds. The SMILES string of the molecule is CCNC(=O)[C@@H](C)OC(=O)CNC(=O)CNS(=O)(=O)c1ccc(C)c(C)c1. The van der Waals surface area contributed by atoms with Gasteiger partial charge in [0.1, 0.15) is 6.54 Å². The third-order valence-corrected chi connectivity index (χ3v) is 5.07. The fourth-order valence-electron chi connectivity index (χ4n) is 1.97.